The normalized spacial score (nSPS) is 6.86. The molecule has 0 amide bonds. The summed E-state index contributed by atoms with van der Waals surface area (Å²) in [6, 6.07) is 12.0. The zero-order valence-electron chi connectivity index (χ0n) is 7.42. The van der Waals surface area contributed by atoms with Gasteiger partial charge in [-0.2, -0.15) is 0 Å². The Hall–Kier alpha value is -2.24. The van der Waals surface area contributed by atoms with Crippen LogP contribution < -0.4 is 11.5 Å². The van der Waals surface area contributed by atoms with Crippen LogP contribution in [-0.2, 0) is 0 Å². The topological polar surface area (TPSA) is 133 Å². The maximum atomic E-state index is 8.56. The molecule has 0 aliphatic rings. The van der Waals surface area contributed by atoms with Gasteiger partial charge in [0.15, 0.2) is 5.96 Å². The Morgan fingerprint density at radius 3 is 1.07 bits per heavy atom. The highest BCUT2D eigenvalue weighted by Crippen LogP contribution is 1.79. The molecule has 6 heteroatoms. The molecule has 6 nitrogen and oxygen atoms in total. The fourth-order valence-electron chi connectivity index (χ4n) is 0.385. The minimum atomic E-state index is -1.83. The molecule has 0 saturated heterocycles. The van der Waals surface area contributed by atoms with Crippen LogP contribution in [-0.4, -0.2) is 22.3 Å². The van der Waals surface area contributed by atoms with E-state index in [4.69, 9.17) is 20.4 Å². The third-order valence-corrected chi connectivity index (χ3v) is 0.667. The number of benzene rings is 1. The average molecular weight is 199 g/mol. The van der Waals surface area contributed by atoms with Crippen molar-refractivity contribution < 1.29 is 15.0 Å². The van der Waals surface area contributed by atoms with Gasteiger partial charge < -0.3 is 21.7 Å². The molecule has 0 aliphatic heterocycles. The minimum absolute atomic E-state index is 0.333. The zero-order chi connectivity index (χ0) is 11.4. The van der Waals surface area contributed by atoms with Crippen molar-refractivity contribution >= 4 is 12.1 Å². The molecule has 1 aromatic rings. The van der Waals surface area contributed by atoms with Gasteiger partial charge >= 0.3 is 6.16 Å². The molecular formula is C8H13N3O3. The molecule has 7 N–H and O–H groups in total. The Morgan fingerprint density at radius 2 is 1.00 bits per heavy atom. The fraction of sp³-hybridized carbons (Fsp3) is 0. The lowest BCUT2D eigenvalue weighted by atomic mass is 10.4. The summed E-state index contributed by atoms with van der Waals surface area (Å²) in [5.74, 6) is -0.333. The lowest BCUT2D eigenvalue weighted by Gasteiger charge is -1.69. The molecule has 1 rings (SSSR count). The minimum Gasteiger partial charge on any atom is -0.450 e. The Labute approximate surface area is 81.3 Å². The number of nitrogens with one attached hydrogen (secondary N) is 1. The first-order chi connectivity index (χ1) is 6.46. The molecule has 0 spiro atoms. The average Bonchev–Trinajstić information content (AvgIpc) is 2.05. The summed E-state index contributed by atoms with van der Waals surface area (Å²) in [6.07, 6.45) is -1.83. The van der Waals surface area contributed by atoms with Crippen LogP contribution in [0.25, 0.3) is 0 Å². The highest BCUT2D eigenvalue weighted by atomic mass is 16.6. The van der Waals surface area contributed by atoms with Crippen molar-refractivity contribution in [1.82, 2.24) is 0 Å². The molecule has 1 aromatic carbocycles. The maximum Gasteiger partial charge on any atom is 0.503 e. The maximum absolute atomic E-state index is 8.56. The van der Waals surface area contributed by atoms with Crippen LogP contribution in [0, 0.1) is 5.41 Å². The second kappa shape index (κ2) is 10.8. The van der Waals surface area contributed by atoms with Crippen molar-refractivity contribution in [2.75, 3.05) is 0 Å². The van der Waals surface area contributed by atoms with E-state index in [-0.39, 0.29) is 5.96 Å². The van der Waals surface area contributed by atoms with E-state index >= 15 is 0 Å². The molecule has 0 saturated carbocycles. The van der Waals surface area contributed by atoms with Gasteiger partial charge in [-0.3, -0.25) is 5.41 Å². The number of carbonyl (C=O) groups is 1. The Morgan fingerprint density at radius 1 is 0.929 bits per heavy atom. The molecule has 0 radical (unpaired) electrons. The van der Waals surface area contributed by atoms with E-state index in [1.165, 1.54) is 0 Å². The quantitative estimate of drug-likeness (QED) is 0.310. The first-order valence-corrected chi connectivity index (χ1v) is 3.48. The molecule has 0 aliphatic carbocycles. The summed E-state index contributed by atoms with van der Waals surface area (Å²) >= 11 is 0. The van der Waals surface area contributed by atoms with Crippen LogP contribution in [0.4, 0.5) is 4.79 Å². The Bertz CT molecular complexity index is 205. The second-order valence-electron chi connectivity index (χ2n) is 1.89. The van der Waals surface area contributed by atoms with E-state index < -0.39 is 6.16 Å². The van der Waals surface area contributed by atoms with Gasteiger partial charge in [-0.25, -0.2) is 4.79 Å². The van der Waals surface area contributed by atoms with Gasteiger partial charge in [0.1, 0.15) is 0 Å². The summed E-state index contributed by atoms with van der Waals surface area (Å²) in [6.45, 7) is 0. The largest absolute Gasteiger partial charge is 0.503 e. The molecule has 0 atom stereocenters. The first-order valence-electron chi connectivity index (χ1n) is 3.48. The van der Waals surface area contributed by atoms with E-state index in [1.807, 2.05) is 36.4 Å². The van der Waals surface area contributed by atoms with Crippen LogP contribution >= 0.6 is 0 Å². The number of hydrogen-bond donors (Lipinski definition) is 5. The van der Waals surface area contributed by atoms with Gasteiger partial charge in [-0.05, 0) is 0 Å². The van der Waals surface area contributed by atoms with Gasteiger partial charge in [0, 0.05) is 0 Å². The smallest absolute Gasteiger partial charge is 0.450 e. The molecule has 0 fully saturated rings. The van der Waals surface area contributed by atoms with Crippen molar-refractivity contribution in [3.05, 3.63) is 36.4 Å². The van der Waals surface area contributed by atoms with Crippen molar-refractivity contribution in [3.63, 3.8) is 0 Å². The fourth-order valence-corrected chi connectivity index (χ4v) is 0.385. The van der Waals surface area contributed by atoms with Crippen LogP contribution in [0.5, 0.6) is 0 Å². The molecular weight excluding hydrogens is 186 g/mol. The second-order valence-corrected chi connectivity index (χ2v) is 1.89. The van der Waals surface area contributed by atoms with E-state index in [0.717, 1.165) is 0 Å². The van der Waals surface area contributed by atoms with E-state index in [9.17, 15) is 0 Å². The lowest BCUT2D eigenvalue weighted by molar-refractivity contribution is 0.137. The van der Waals surface area contributed by atoms with Gasteiger partial charge in [0.2, 0.25) is 0 Å². The summed E-state index contributed by atoms with van der Waals surface area (Å²) in [4.78, 5) is 8.56. The van der Waals surface area contributed by atoms with Crippen LogP contribution in [0.1, 0.15) is 0 Å². The predicted octanol–water partition coefficient (Wildman–Crippen LogP) is 0.748. The van der Waals surface area contributed by atoms with Crippen LogP contribution in [0.15, 0.2) is 36.4 Å². The molecule has 0 bridgehead atoms. The number of carboxylic acid groups (broad SMARTS) is 2. The highest BCUT2D eigenvalue weighted by Gasteiger charge is 1.70. The van der Waals surface area contributed by atoms with Gasteiger partial charge in [0.25, 0.3) is 0 Å². The van der Waals surface area contributed by atoms with E-state index in [1.54, 1.807) is 0 Å². The van der Waals surface area contributed by atoms with Crippen molar-refractivity contribution in [2.45, 2.75) is 0 Å². The predicted molar refractivity (Wildman–Crippen MR) is 53.2 cm³/mol. The SMILES string of the molecule is N=C(N)N.O=C(O)O.c1ccccc1. The van der Waals surface area contributed by atoms with E-state index in [0.29, 0.717) is 0 Å². The van der Waals surface area contributed by atoms with Gasteiger partial charge in [0.05, 0.1) is 0 Å². The van der Waals surface area contributed by atoms with E-state index in [2.05, 4.69) is 11.5 Å². The van der Waals surface area contributed by atoms with Gasteiger partial charge in [-0.15, -0.1) is 0 Å². The standard InChI is InChI=1S/C6H6.CH5N3.CH2O3/c1-2-4-6-5-3-1;2*2-1(3)4/h1-6H;(H5,2,3,4);(H2,2,3,4). The molecule has 14 heavy (non-hydrogen) atoms. The summed E-state index contributed by atoms with van der Waals surface area (Å²) in [5, 5.41) is 20.0. The number of hydrogen-bond acceptors (Lipinski definition) is 2. The van der Waals surface area contributed by atoms with Crippen molar-refractivity contribution in [1.29, 1.82) is 5.41 Å². The summed E-state index contributed by atoms with van der Waals surface area (Å²) in [5.41, 5.74) is 8.94. The number of rotatable bonds is 0. The van der Waals surface area contributed by atoms with Crippen molar-refractivity contribution in [2.24, 2.45) is 11.5 Å². The summed E-state index contributed by atoms with van der Waals surface area (Å²) in [7, 11) is 0. The van der Waals surface area contributed by atoms with Gasteiger partial charge in [-0.1, -0.05) is 36.4 Å². The summed E-state index contributed by atoms with van der Waals surface area (Å²) < 4.78 is 0. The lowest BCUT2D eigenvalue weighted by Crippen LogP contribution is -2.20. The van der Waals surface area contributed by atoms with Crippen molar-refractivity contribution in [3.8, 4) is 0 Å². The van der Waals surface area contributed by atoms with Crippen LogP contribution in [0.3, 0.4) is 0 Å². The third kappa shape index (κ3) is 53.0. The number of guanidine groups is 1. The molecule has 0 aromatic heterocycles. The third-order valence-electron chi connectivity index (χ3n) is 0.667. The first kappa shape index (κ1) is 14.3. The highest BCUT2D eigenvalue weighted by molar-refractivity contribution is 5.71. The Balaban J connectivity index is 0. The molecule has 78 valence electrons. The monoisotopic (exact) mass is 199 g/mol. The number of nitrogens with two attached hydrogens (primary N) is 2. The molecule has 0 heterocycles. The zero-order valence-corrected chi connectivity index (χ0v) is 7.42. The molecule has 0 unspecified atom stereocenters. The Kier molecular flexibility index (Phi) is 11.0. The van der Waals surface area contributed by atoms with Crippen LogP contribution in [0.2, 0.25) is 0 Å².